The van der Waals surface area contributed by atoms with Gasteiger partial charge >= 0.3 is 0 Å². The summed E-state index contributed by atoms with van der Waals surface area (Å²) in [6, 6.07) is 0. The Kier molecular flexibility index (Phi) is 0.943. The van der Waals surface area contributed by atoms with Crippen molar-refractivity contribution in [2.45, 2.75) is 19.3 Å². The van der Waals surface area contributed by atoms with E-state index in [4.69, 9.17) is 4.74 Å². The molecule has 1 saturated heterocycles. The highest BCUT2D eigenvalue weighted by Crippen LogP contribution is 2.43. The van der Waals surface area contributed by atoms with Crippen molar-refractivity contribution < 1.29 is 9.53 Å². The second-order valence-electron chi connectivity index (χ2n) is 3.01. The van der Waals surface area contributed by atoms with Crippen LogP contribution in [0.25, 0.3) is 0 Å². The molecule has 2 rings (SSSR count). The average molecular weight is 126 g/mol. The standard InChI is InChI=1S/C7H10O2/c8-6-1-2-7(6)3-4-9-5-7/h1-5H2. The van der Waals surface area contributed by atoms with Crippen LogP contribution in [0.1, 0.15) is 19.3 Å². The van der Waals surface area contributed by atoms with Crippen LogP contribution in [-0.2, 0) is 9.53 Å². The summed E-state index contributed by atoms with van der Waals surface area (Å²) in [7, 11) is 0. The van der Waals surface area contributed by atoms with E-state index < -0.39 is 0 Å². The van der Waals surface area contributed by atoms with Crippen LogP contribution < -0.4 is 0 Å². The molecule has 1 atom stereocenters. The van der Waals surface area contributed by atoms with Crippen LogP contribution in [0.2, 0.25) is 0 Å². The number of hydrogen-bond donors (Lipinski definition) is 0. The second kappa shape index (κ2) is 1.57. The van der Waals surface area contributed by atoms with E-state index in [2.05, 4.69) is 0 Å². The number of ether oxygens (including phenoxy) is 1. The van der Waals surface area contributed by atoms with Gasteiger partial charge in [0.15, 0.2) is 0 Å². The summed E-state index contributed by atoms with van der Waals surface area (Å²) < 4.78 is 5.15. The SMILES string of the molecule is O=C1CCC12CCOC2. The molecule has 1 aliphatic carbocycles. The van der Waals surface area contributed by atoms with Gasteiger partial charge in [-0.05, 0) is 12.8 Å². The van der Waals surface area contributed by atoms with Gasteiger partial charge in [0.05, 0.1) is 12.0 Å². The van der Waals surface area contributed by atoms with Crippen molar-refractivity contribution in [1.82, 2.24) is 0 Å². The normalized spacial score (nSPS) is 41.6. The highest BCUT2D eigenvalue weighted by Gasteiger charge is 2.48. The van der Waals surface area contributed by atoms with Gasteiger partial charge in [0.1, 0.15) is 5.78 Å². The first kappa shape index (κ1) is 5.42. The van der Waals surface area contributed by atoms with Gasteiger partial charge in [-0.1, -0.05) is 0 Å². The zero-order chi connectivity index (χ0) is 6.32. The zero-order valence-corrected chi connectivity index (χ0v) is 5.35. The Bertz CT molecular complexity index is 145. The Morgan fingerprint density at radius 3 is 2.56 bits per heavy atom. The molecule has 2 nitrogen and oxygen atoms in total. The van der Waals surface area contributed by atoms with E-state index in [1.807, 2.05) is 0 Å². The maximum Gasteiger partial charge on any atom is 0.141 e. The second-order valence-corrected chi connectivity index (χ2v) is 3.01. The average Bonchev–Trinajstić information content (AvgIpc) is 2.34. The monoisotopic (exact) mass is 126 g/mol. The molecular formula is C7H10O2. The Morgan fingerprint density at radius 2 is 2.33 bits per heavy atom. The van der Waals surface area contributed by atoms with Gasteiger partial charge in [-0.15, -0.1) is 0 Å². The Labute approximate surface area is 54.2 Å². The molecule has 2 heteroatoms. The lowest BCUT2D eigenvalue weighted by Gasteiger charge is -2.34. The lowest BCUT2D eigenvalue weighted by Crippen LogP contribution is -2.40. The van der Waals surface area contributed by atoms with Crippen molar-refractivity contribution in [2.24, 2.45) is 5.41 Å². The van der Waals surface area contributed by atoms with Crippen LogP contribution in [0.15, 0.2) is 0 Å². The molecule has 2 aliphatic rings. The molecule has 0 amide bonds. The minimum absolute atomic E-state index is 0.0139. The van der Waals surface area contributed by atoms with Crippen molar-refractivity contribution in [3.05, 3.63) is 0 Å². The maximum atomic E-state index is 11.0. The number of rotatable bonds is 0. The van der Waals surface area contributed by atoms with E-state index in [9.17, 15) is 4.79 Å². The maximum absolute atomic E-state index is 11.0. The number of hydrogen-bond acceptors (Lipinski definition) is 2. The first-order chi connectivity index (χ1) is 4.33. The summed E-state index contributed by atoms with van der Waals surface area (Å²) in [5.41, 5.74) is 0.0139. The van der Waals surface area contributed by atoms with Crippen molar-refractivity contribution in [3.8, 4) is 0 Å². The highest BCUT2D eigenvalue weighted by molar-refractivity contribution is 5.90. The van der Waals surface area contributed by atoms with Gasteiger partial charge < -0.3 is 4.74 Å². The summed E-state index contributed by atoms with van der Waals surface area (Å²) in [6.07, 6.45) is 2.85. The zero-order valence-electron chi connectivity index (χ0n) is 5.35. The van der Waals surface area contributed by atoms with Crippen molar-refractivity contribution in [3.63, 3.8) is 0 Å². The van der Waals surface area contributed by atoms with E-state index in [0.717, 1.165) is 25.9 Å². The summed E-state index contributed by atoms with van der Waals surface area (Å²) >= 11 is 0. The number of carbonyl (C=O) groups is 1. The van der Waals surface area contributed by atoms with Crippen LogP contribution in [0, 0.1) is 5.41 Å². The van der Waals surface area contributed by atoms with E-state index in [-0.39, 0.29) is 5.41 Å². The molecule has 50 valence electrons. The molecule has 1 aliphatic heterocycles. The summed E-state index contributed by atoms with van der Waals surface area (Å²) in [6.45, 7) is 1.50. The first-order valence-corrected chi connectivity index (χ1v) is 3.45. The van der Waals surface area contributed by atoms with Gasteiger partial charge in [-0.25, -0.2) is 0 Å². The minimum Gasteiger partial charge on any atom is -0.380 e. The molecule has 0 aromatic heterocycles. The Morgan fingerprint density at radius 1 is 1.44 bits per heavy atom. The minimum atomic E-state index is 0.0139. The molecule has 1 spiro atoms. The van der Waals surface area contributed by atoms with E-state index >= 15 is 0 Å². The number of ketones is 1. The molecular weight excluding hydrogens is 116 g/mol. The topological polar surface area (TPSA) is 26.3 Å². The third-order valence-corrected chi connectivity index (χ3v) is 2.53. The largest absolute Gasteiger partial charge is 0.380 e. The fourth-order valence-corrected chi connectivity index (χ4v) is 1.60. The molecule has 0 radical (unpaired) electrons. The smallest absolute Gasteiger partial charge is 0.141 e. The molecule has 1 unspecified atom stereocenters. The fraction of sp³-hybridized carbons (Fsp3) is 0.857. The molecule has 0 aromatic rings. The molecule has 0 aromatic carbocycles. The lowest BCUT2D eigenvalue weighted by atomic mass is 9.67. The van der Waals surface area contributed by atoms with Crippen LogP contribution in [-0.4, -0.2) is 19.0 Å². The summed E-state index contributed by atoms with van der Waals surface area (Å²) in [5.74, 6) is 0.431. The van der Waals surface area contributed by atoms with Crippen LogP contribution in [0.3, 0.4) is 0 Å². The highest BCUT2D eigenvalue weighted by atomic mass is 16.5. The molecule has 1 saturated carbocycles. The molecule has 9 heavy (non-hydrogen) atoms. The van der Waals surface area contributed by atoms with Gasteiger partial charge in [-0.2, -0.15) is 0 Å². The predicted octanol–water partition coefficient (Wildman–Crippen LogP) is 0.756. The van der Waals surface area contributed by atoms with Crippen LogP contribution in [0.5, 0.6) is 0 Å². The van der Waals surface area contributed by atoms with E-state index in [1.165, 1.54) is 0 Å². The van der Waals surface area contributed by atoms with Crippen molar-refractivity contribution >= 4 is 5.78 Å². The van der Waals surface area contributed by atoms with Gasteiger partial charge in [0.2, 0.25) is 0 Å². The van der Waals surface area contributed by atoms with Gasteiger partial charge in [0, 0.05) is 13.0 Å². The van der Waals surface area contributed by atoms with E-state index in [1.54, 1.807) is 0 Å². The van der Waals surface area contributed by atoms with Gasteiger partial charge in [0.25, 0.3) is 0 Å². The molecule has 0 N–H and O–H groups in total. The fourth-order valence-electron chi connectivity index (χ4n) is 1.60. The third kappa shape index (κ3) is 0.568. The number of Topliss-reactive ketones (excluding diaryl/α,β-unsaturated/α-hetero) is 1. The number of carbonyl (C=O) groups excluding carboxylic acids is 1. The van der Waals surface area contributed by atoms with Crippen molar-refractivity contribution in [1.29, 1.82) is 0 Å². The Balaban J connectivity index is 2.14. The lowest BCUT2D eigenvalue weighted by molar-refractivity contribution is -0.138. The van der Waals surface area contributed by atoms with Crippen LogP contribution >= 0.6 is 0 Å². The molecule has 0 bridgehead atoms. The summed E-state index contributed by atoms with van der Waals surface area (Å²) in [4.78, 5) is 11.0. The van der Waals surface area contributed by atoms with Gasteiger partial charge in [-0.3, -0.25) is 4.79 Å². The Hall–Kier alpha value is -0.370. The predicted molar refractivity (Wildman–Crippen MR) is 32.1 cm³/mol. The van der Waals surface area contributed by atoms with Crippen molar-refractivity contribution in [2.75, 3.05) is 13.2 Å². The van der Waals surface area contributed by atoms with E-state index in [0.29, 0.717) is 12.4 Å². The quantitative estimate of drug-likeness (QED) is 0.479. The first-order valence-electron chi connectivity index (χ1n) is 3.45. The third-order valence-electron chi connectivity index (χ3n) is 2.53. The summed E-state index contributed by atoms with van der Waals surface area (Å²) in [5, 5.41) is 0. The molecule has 2 fully saturated rings. The molecule has 1 heterocycles. The van der Waals surface area contributed by atoms with Crippen LogP contribution in [0.4, 0.5) is 0 Å².